The van der Waals surface area contributed by atoms with Crippen molar-refractivity contribution >= 4 is 11.4 Å². The van der Waals surface area contributed by atoms with Gasteiger partial charge in [0.25, 0.3) is 5.69 Å². The first-order chi connectivity index (χ1) is 9.65. The van der Waals surface area contributed by atoms with Gasteiger partial charge in [-0.05, 0) is 12.8 Å². The van der Waals surface area contributed by atoms with Gasteiger partial charge in [0.05, 0.1) is 31.3 Å². The maximum atomic E-state index is 11.1. The van der Waals surface area contributed by atoms with Crippen LogP contribution in [0.2, 0.25) is 0 Å². The highest BCUT2D eigenvalue weighted by atomic mass is 16.6. The highest BCUT2D eigenvalue weighted by Gasteiger charge is 2.21. The first-order valence-corrected chi connectivity index (χ1v) is 6.41. The molecule has 7 nitrogen and oxygen atoms in total. The third-order valence-electron chi connectivity index (χ3n) is 3.24. The molecule has 0 amide bonds. The van der Waals surface area contributed by atoms with Gasteiger partial charge in [-0.15, -0.1) is 0 Å². The van der Waals surface area contributed by atoms with Crippen LogP contribution in [0.3, 0.4) is 0 Å². The Labute approximate surface area is 117 Å². The summed E-state index contributed by atoms with van der Waals surface area (Å²) in [4.78, 5) is 10.7. The average molecular weight is 282 g/mol. The SMILES string of the molecule is COc1cc(NCC2CCCO2)c([N+](=O)[O-])cc1OC. The third kappa shape index (κ3) is 3.11. The zero-order valence-electron chi connectivity index (χ0n) is 11.5. The number of ether oxygens (including phenoxy) is 3. The predicted octanol–water partition coefficient (Wildman–Crippen LogP) is 2.20. The summed E-state index contributed by atoms with van der Waals surface area (Å²) >= 11 is 0. The second-order valence-electron chi connectivity index (χ2n) is 4.50. The molecular weight excluding hydrogens is 264 g/mol. The Kier molecular flexibility index (Phi) is 4.62. The van der Waals surface area contributed by atoms with Gasteiger partial charge in [-0.2, -0.15) is 0 Å². The number of rotatable bonds is 6. The number of nitro benzene ring substituents is 1. The van der Waals surface area contributed by atoms with Crippen LogP contribution in [0.5, 0.6) is 11.5 Å². The molecule has 1 aromatic rings. The van der Waals surface area contributed by atoms with E-state index in [1.165, 1.54) is 20.3 Å². The minimum absolute atomic E-state index is 0.0411. The van der Waals surface area contributed by atoms with Crippen LogP contribution >= 0.6 is 0 Å². The molecule has 0 radical (unpaired) electrons. The van der Waals surface area contributed by atoms with Crippen molar-refractivity contribution in [2.24, 2.45) is 0 Å². The molecule has 7 heteroatoms. The number of hydrogen-bond acceptors (Lipinski definition) is 6. The van der Waals surface area contributed by atoms with Crippen LogP contribution in [0.4, 0.5) is 11.4 Å². The van der Waals surface area contributed by atoms with Gasteiger partial charge in [-0.1, -0.05) is 0 Å². The molecule has 0 aliphatic carbocycles. The summed E-state index contributed by atoms with van der Waals surface area (Å²) in [5.41, 5.74) is 0.365. The lowest BCUT2D eigenvalue weighted by Gasteiger charge is -2.14. The number of nitrogens with zero attached hydrogens (tertiary/aromatic N) is 1. The maximum Gasteiger partial charge on any atom is 0.296 e. The van der Waals surface area contributed by atoms with E-state index in [4.69, 9.17) is 14.2 Å². The van der Waals surface area contributed by atoms with Gasteiger partial charge in [-0.25, -0.2) is 0 Å². The van der Waals surface area contributed by atoms with Crippen molar-refractivity contribution in [1.82, 2.24) is 0 Å². The van der Waals surface area contributed by atoms with E-state index in [0.717, 1.165) is 19.4 Å². The maximum absolute atomic E-state index is 11.1. The molecule has 0 spiro atoms. The molecule has 1 atom stereocenters. The lowest BCUT2D eigenvalue weighted by atomic mass is 10.2. The fourth-order valence-electron chi connectivity index (χ4n) is 2.19. The minimum atomic E-state index is -0.445. The number of nitrogens with one attached hydrogen (secondary N) is 1. The summed E-state index contributed by atoms with van der Waals surface area (Å²) in [6.45, 7) is 1.29. The van der Waals surface area contributed by atoms with Crippen molar-refractivity contribution in [3.63, 3.8) is 0 Å². The monoisotopic (exact) mass is 282 g/mol. The number of benzene rings is 1. The van der Waals surface area contributed by atoms with Crippen LogP contribution in [0.25, 0.3) is 0 Å². The van der Waals surface area contributed by atoms with E-state index in [-0.39, 0.29) is 11.8 Å². The van der Waals surface area contributed by atoms with Crippen LogP contribution in [-0.2, 0) is 4.74 Å². The molecule has 1 aromatic carbocycles. The molecule has 0 aromatic heterocycles. The summed E-state index contributed by atoms with van der Waals surface area (Å²) in [7, 11) is 2.94. The Balaban J connectivity index is 2.21. The van der Waals surface area contributed by atoms with Crippen molar-refractivity contribution < 1.29 is 19.1 Å². The van der Waals surface area contributed by atoms with E-state index < -0.39 is 4.92 Å². The molecule has 1 N–H and O–H groups in total. The zero-order chi connectivity index (χ0) is 14.5. The third-order valence-corrected chi connectivity index (χ3v) is 3.24. The molecule has 1 aliphatic rings. The molecule has 20 heavy (non-hydrogen) atoms. The number of anilines is 1. The standard InChI is InChI=1S/C13H18N2O5/c1-18-12-6-10(14-8-9-4-3-5-20-9)11(15(16)17)7-13(12)19-2/h6-7,9,14H,3-5,8H2,1-2H3. The zero-order valence-corrected chi connectivity index (χ0v) is 11.5. The molecule has 1 heterocycles. The highest BCUT2D eigenvalue weighted by Crippen LogP contribution is 2.37. The second-order valence-corrected chi connectivity index (χ2v) is 4.50. The molecule has 1 aliphatic heterocycles. The topological polar surface area (TPSA) is 82.9 Å². The Morgan fingerprint density at radius 2 is 2.10 bits per heavy atom. The molecule has 2 rings (SSSR count). The summed E-state index contributed by atoms with van der Waals surface area (Å²) in [5, 5.41) is 14.2. The molecule has 1 saturated heterocycles. The van der Waals surface area contributed by atoms with Crippen molar-refractivity contribution in [1.29, 1.82) is 0 Å². The summed E-state index contributed by atoms with van der Waals surface area (Å²) < 4.78 is 15.7. The largest absolute Gasteiger partial charge is 0.493 e. The first-order valence-electron chi connectivity index (χ1n) is 6.41. The molecule has 110 valence electrons. The molecule has 1 fully saturated rings. The van der Waals surface area contributed by atoms with E-state index >= 15 is 0 Å². The van der Waals surface area contributed by atoms with Gasteiger partial charge < -0.3 is 19.5 Å². The Hall–Kier alpha value is -2.02. The first kappa shape index (κ1) is 14.4. The molecule has 0 bridgehead atoms. The van der Waals surface area contributed by atoms with Gasteiger partial charge >= 0.3 is 0 Å². The smallest absolute Gasteiger partial charge is 0.296 e. The Bertz CT molecular complexity index is 486. The fourth-order valence-corrected chi connectivity index (χ4v) is 2.19. The van der Waals surface area contributed by atoms with E-state index in [1.807, 2.05) is 0 Å². The van der Waals surface area contributed by atoms with Gasteiger partial charge in [0.2, 0.25) is 0 Å². The lowest BCUT2D eigenvalue weighted by molar-refractivity contribution is -0.384. The minimum Gasteiger partial charge on any atom is -0.493 e. The van der Waals surface area contributed by atoms with Crippen LogP contribution in [0.1, 0.15) is 12.8 Å². The normalized spacial score (nSPS) is 17.8. The average Bonchev–Trinajstić information content (AvgIpc) is 2.97. The van der Waals surface area contributed by atoms with Crippen molar-refractivity contribution in [3.8, 4) is 11.5 Å². The molecule has 1 unspecified atom stereocenters. The predicted molar refractivity (Wildman–Crippen MR) is 73.7 cm³/mol. The second kappa shape index (κ2) is 6.42. The summed E-state index contributed by atoms with van der Waals surface area (Å²) in [6, 6.07) is 2.93. The Morgan fingerprint density at radius 3 is 2.65 bits per heavy atom. The van der Waals surface area contributed by atoms with E-state index in [0.29, 0.717) is 23.7 Å². The van der Waals surface area contributed by atoms with Crippen LogP contribution in [-0.4, -0.2) is 38.4 Å². The lowest BCUT2D eigenvalue weighted by Crippen LogP contribution is -2.19. The van der Waals surface area contributed by atoms with Gasteiger partial charge in [0.15, 0.2) is 11.5 Å². The number of methoxy groups -OCH3 is 2. The van der Waals surface area contributed by atoms with Crippen LogP contribution < -0.4 is 14.8 Å². The van der Waals surface area contributed by atoms with Gasteiger partial charge in [0.1, 0.15) is 5.69 Å². The Morgan fingerprint density at radius 1 is 1.40 bits per heavy atom. The van der Waals surface area contributed by atoms with Gasteiger partial charge in [0, 0.05) is 19.2 Å². The number of hydrogen-bond donors (Lipinski definition) is 1. The van der Waals surface area contributed by atoms with Crippen molar-refractivity contribution in [2.45, 2.75) is 18.9 Å². The van der Waals surface area contributed by atoms with Crippen LogP contribution in [0.15, 0.2) is 12.1 Å². The highest BCUT2D eigenvalue weighted by molar-refractivity contribution is 5.68. The van der Waals surface area contributed by atoms with Crippen molar-refractivity contribution in [3.05, 3.63) is 22.2 Å². The quantitative estimate of drug-likeness (QED) is 0.636. The summed E-state index contributed by atoms with van der Waals surface area (Å²) in [5.74, 6) is 0.787. The van der Waals surface area contributed by atoms with E-state index in [2.05, 4.69) is 5.32 Å². The van der Waals surface area contributed by atoms with E-state index in [9.17, 15) is 10.1 Å². The number of nitro groups is 1. The van der Waals surface area contributed by atoms with Crippen molar-refractivity contribution in [2.75, 3.05) is 32.7 Å². The fraction of sp³-hybridized carbons (Fsp3) is 0.538. The van der Waals surface area contributed by atoms with Crippen LogP contribution in [0, 0.1) is 10.1 Å². The van der Waals surface area contributed by atoms with Gasteiger partial charge in [-0.3, -0.25) is 10.1 Å². The summed E-state index contributed by atoms with van der Waals surface area (Å²) in [6.07, 6.45) is 2.09. The van der Waals surface area contributed by atoms with E-state index in [1.54, 1.807) is 6.07 Å². The molecular formula is C13H18N2O5. The molecule has 0 saturated carbocycles.